The minimum absolute atomic E-state index is 0.00822. The van der Waals surface area contributed by atoms with E-state index in [0.29, 0.717) is 25.4 Å². The third kappa shape index (κ3) is 4.52. The Kier molecular flexibility index (Phi) is 5.69. The molecule has 2 saturated heterocycles. The lowest BCUT2D eigenvalue weighted by Gasteiger charge is -2.40. The van der Waals surface area contributed by atoms with Crippen molar-refractivity contribution >= 4 is 12.0 Å². The fourth-order valence-electron chi connectivity index (χ4n) is 4.09. The van der Waals surface area contributed by atoms with E-state index in [0.717, 1.165) is 37.4 Å². The number of nitrogens with zero attached hydrogens (tertiary/aromatic N) is 4. The zero-order valence-corrected chi connectivity index (χ0v) is 17.1. The molecule has 154 valence electrons. The second kappa shape index (κ2) is 8.39. The lowest BCUT2D eigenvalue weighted by molar-refractivity contribution is -0.0913. The number of carbonyl (C=O) groups excluding carboxylic acids is 1. The van der Waals surface area contributed by atoms with Gasteiger partial charge in [-0.3, -0.25) is 9.69 Å². The average Bonchev–Trinajstić information content (AvgIpc) is 3.34. The lowest BCUT2D eigenvalue weighted by atomic mass is 10.0. The number of carbonyl (C=O) groups is 1. The summed E-state index contributed by atoms with van der Waals surface area (Å²) in [6.07, 6.45) is 8.68. The molecule has 0 bridgehead atoms. The number of hydrogen-bond donors (Lipinski definition) is 0. The molecule has 2 aliphatic rings. The van der Waals surface area contributed by atoms with Gasteiger partial charge in [0.05, 0.1) is 32.2 Å². The first-order valence-electron chi connectivity index (χ1n) is 10.0. The summed E-state index contributed by atoms with van der Waals surface area (Å²) in [6.45, 7) is 4.50. The highest BCUT2D eigenvalue weighted by Crippen LogP contribution is 2.30. The Hall–Kier alpha value is -2.64. The fourth-order valence-corrected chi connectivity index (χ4v) is 4.09. The van der Waals surface area contributed by atoms with Crippen LogP contribution in [0.2, 0.25) is 0 Å². The molecule has 0 N–H and O–H groups in total. The van der Waals surface area contributed by atoms with Gasteiger partial charge in [-0.15, -0.1) is 0 Å². The predicted octanol–water partition coefficient (Wildman–Crippen LogP) is 2.06. The Labute approximate surface area is 171 Å². The topological polar surface area (TPSA) is 59.8 Å². The van der Waals surface area contributed by atoms with Crippen molar-refractivity contribution in [3.05, 3.63) is 54.1 Å². The van der Waals surface area contributed by atoms with Gasteiger partial charge >= 0.3 is 0 Å². The first-order chi connectivity index (χ1) is 14.1. The number of aryl methyl sites for hydroxylation is 1. The Morgan fingerprint density at radius 3 is 2.83 bits per heavy atom. The van der Waals surface area contributed by atoms with E-state index in [1.54, 1.807) is 24.2 Å². The van der Waals surface area contributed by atoms with Crippen molar-refractivity contribution in [1.82, 2.24) is 19.4 Å². The summed E-state index contributed by atoms with van der Waals surface area (Å²) in [5.74, 6) is 0.856. The second-order valence-corrected chi connectivity index (χ2v) is 7.84. The molecular weight excluding hydrogens is 368 g/mol. The smallest absolute Gasteiger partial charge is 0.274 e. The standard InChI is InChI=1S/C22H28N4O3/c1-24-14-20(23-17-24)21(27)26-12-13-29-22(16-26)9-11-25(15-22)10-3-4-18-5-7-19(28-2)8-6-18/h3-8,14,17H,9-13,15-16H2,1-2H3. The van der Waals surface area contributed by atoms with Crippen LogP contribution in [-0.4, -0.2) is 77.3 Å². The van der Waals surface area contributed by atoms with Crippen LogP contribution < -0.4 is 4.74 Å². The van der Waals surface area contributed by atoms with E-state index >= 15 is 0 Å². The van der Waals surface area contributed by atoms with Crippen LogP contribution in [0.1, 0.15) is 22.5 Å². The molecule has 3 heterocycles. The van der Waals surface area contributed by atoms with Crippen molar-refractivity contribution in [3.8, 4) is 5.75 Å². The molecule has 2 fully saturated rings. The number of benzene rings is 1. The second-order valence-electron chi connectivity index (χ2n) is 7.84. The van der Waals surface area contributed by atoms with Gasteiger partial charge in [-0.25, -0.2) is 4.98 Å². The number of imidazole rings is 1. The molecular formula is C22H28N4O3. The first-order valence-corrected chi connectivity index (χ1v) is 10.0. The molecule has 1 aromatic carbocycles. The van der Waals surface area contributed by atoms with Crippen LogP contribution in [0.15, 0.2) is 42.9 Å². The number of amides is 1. The van der Waals surface area contributed by atoms with Gasteiger partial charge in [-0.1, -0.05) is 24.3 Å². The summed E-state index contributed by atoms with van der Waals surface area (Å²) < 4.78 is 13.2. The number of rotatable bonds is 5. The molecule has 0 aliphatic carbocycles. The summed E-state index contributed by atoms with van der Waals surface area (Å²) >= 11 is 0. The van der Waals surface area contributed by atoms with Gasteiger partial charge in [-0.2, -0.15) is 0 Å². The maximum Gasteiger partial charge on any atom is 0.274 e. The number of likely N-dealkylation sites (tertiary alicyclic amines) is 1. The highest BCUT2D eigenvalue weighted by atomic mass is 16.5. The van der Waals surface area contributed by atoms with Crippen LogP contribution in [0, 0.1) is 0 Å². The SMILES string of the molecule is COc1ccc(C=CCN2CCC3(C2)CN(C(=O)c2cn(C)cn2)CCO3)cc1. The highest BCUT2D eigenvalue weighted by Gasteiger charge is 2.43. The van der Waals surface area contributed by atoms with E-state index in [4.69, 9.17) is 9.47 Å². The van der Waals surface area contributed by atoms with E-state index in [9.17, 15) is 4.79 Å². The van der Waals surface area contributed by atoms with Gasteiger partial charge in [0.15, 0.2) is 0 Å². The van der Waals surface area contributed by atoms with Crippen molar-refractivity contribution in [2.75, 3.05) is 46.4 Å². The molecule has 1 amide bonds. The third-order valence-corrected chi connectivity index (χ3v) is 5.64. The summed E-state index contributed by atoms with van der Waals surface area (Å²) in [7, 11) is 3.55. The van der Waals surface area contributed by atoms with Gasteiger partial charge in [0.25, 0.3) is 5.91 Å². The molecule has 0 radical (unpaired) electrons. The zero-order chi connectivity index (χ0) is 20.3. The van der Waals surface area contributed by atoms with E-state index in [1.807, 2.05) is 36.2 Å². The number of methoxy groups -OCH3 is 1. The van der Waals surface area contributed by atoms with Gasteiger partial charge in [0.1, 0.15) is 11.4 Å². The van der Waals surface area contributed by atoms with Crippen molar-refractivity contribution in [2.45, 2.75) is 12.0 Å². The number of hydrogen-bond acceptors (Lipinski definition) is 5. The van der Waals surface area contributed by atoms with Crippen LogP contribution in [-0.2, 0) is 11.8 Å². The van der Waals surface area contributed by atoms with Gasteiger partial charge in [-0.05, 0) is 24.1 Å². The van der Waals surface area contributed by atoms with E-state index < -0.39 is 0 Å². The molecule has 1 aromatic heterocycles. The van der Waals surface area contributed by atoms with Crippen molar-refractivity contribution in [3.63, 3.8) is 0 Å². The largest absolute Gasteiger partial charge is 0.497 e. The van der Waals surface area contributed by atoms with Crippen LogP contribution in [0.4, 0.5) is 0 Å². The van der Waals surface area contributed by atoms with E-state index in [2.05, 4.69) is 22.0 Å². The van der Waals surface area contributed by atoms with Gasteiger partial charge in [0.2, 0.25) is 0 Å². The summed E-state index contributed by atoms with van der Waals surface area (Å²) in [5, 5.41) is 0. The quantitative estimate of drug-likeness (QED) is 0.774. The van der Waals surface area contributed by atoms with Crippen LogP contribution in [0.25, 0.3) is 6.08 Å². The normalized spacial score (nSPS) is 22.6. The number of aromatic nitrogens is 2. The minimum Gasteiger partial charge on any atom is -0.497 e. The maximum atomic E-state index is 12.8. The van der Waals surface area contributed by atoms with Crippen molar-refractivity contribution in [2.24, 2.45) is 7.05 Å². The van der Waals surface area contributed by atoms with Crippen LogP contribution >= 0.6 is 0 Å². The third-order valence-electron chi connectivity index (χ3n) is 5.64. The average molecular weight is 396 g/mol. The molecule has 0 saturated carbocycles. The summed E-state index contributed by atoms with van der Waals surface area (Å²) in [6, 6.07) is 8.03. The van der Waals surface area contributed by atoms with Crippen LogP contribution in [0.3, 0.4) is 0 Å². The van der Waals surface area contributed by atoms with E-state index in [1.165, 1.54) is 0 Å². The zero-order valence-electron chi connectivity index (χ0n) is 17.1. The molecule has 29 heavy (non-hydrogen) atoms. The van der Waals surface area contributed by atoms with Gasteiger partial charge in [0, 0.05) is 39.4 Å². The molecule has 7 heteroatoms. The molecule has 2 aromatic rings. The van der Waals surface area contributed by atoms with Crippen molar-refractivity contribution < 1.29 is 14.3 Å². The maximum absolute atomic E-state index is 12.8. The number of morpholine rings is 1. The fraction of sp³-hybridized carbons (Fsp3) is 0.455. The minimum atomic E-state index is -0.267. The Morgan fingerprint density at radius 1 is 1.28 bits per heavy atom. The van der Waals surface area contributed by atoms with Gasteiger partial charge < -0.3 is 18.9 Å². The number of ether oxygens (including phenoxy) is 2. The summed E-state index contributed by atoms with van der Waals surface area (Å²) in [5.41, 5.74) is 1.39. The molecule has 1 unspecified atom stereocenters. The molecule has 1 spiro atoms. The predicted molar refractivity (Wildman–Crippen MR) is 111 cm³/mol. The summed E-state index contributed by atoms with van der Waals surface area (Å²) in [4.78, 5) is 21.2. The molecule has 2 aliphatic heterocycles. The molecule has 4 rings (SSSR count). The Balaban J connectivity index is 1.32. The van der Waals surface area contributed by atoms with Crippen LogP contribution in [0.5, 0.6) is 5.75 Å². The van der Waals surface area contributed by atoms with E-state index in [-0.39, 0.29) is 11.5 Å². The highest BCUT2D eigenvalue weighted by molar-refractivity contribution is 5.92. The lowest BCUT2D eigenvalue weighted by Crippen LogP contribution is -2.55. The monoisotopic (exact) mass is 396 g/mol. The first kappa shape index (κ1) is 19.7. The molecule has 1 atom stereocenters. The molecule has 7 nitrogen and oxygen atoms in total. The van der Waals surface area contributed by atoms with Crippen molar-refractivity contribution in [1.29, 1.82) is 0 Å². The Bertz CT molecular complexity index is 876. The Morgan fingerprint density at radius 2 is 2.10 bits per heavy atom.